The number of aromatic nitrogens is 4. The van der Waals surface area contributed by atoms with Crippen LogP contribution >= 0.6 is 0 Å². The van der Waals surface area contributed by atoms with E-state index >= 15 is 0 Å². The van der Waals surface area contributed by atoms with E-state index in [1.54, 1.807) is 6.07 Å². The lowest BCUT2D eigenvalue weighted by atomic mass is 10.2. The molecule has 2 aromatic rings. The zero-order valence-corrected chi connectivity index (χ0v) is 9.15. The van der Waals surface area contributed by atoms with Crippen LogP contribution in [0.25, 0.3) is 5.57 Å². The van der Waals surface area contributed by atoms with Crippen LogP contribution in [0.2, 0.25) is 0 Å². The van der Waals surface area contributed by atoms with Crippen molar-refractivity contribution < 1.29 is 13.2 Å². The summed E-state index contributed by atoms with van der Waals surface area (Å²) in [5.74, 6) is -3.59. The van der Waals surface area contributed by atoms with Crippen LogP contribution in [0.5, 0.6) is 0 Å². The lowest BCUT2D eigenvalue weighted by molar-refractivity contribution is 0.498. The molecule has 0 aliphatic heterocycles. The highest BCUT2D eigenvalue weighted by Crippen LogP contribution is 2.20. The van der Waals surface area contributed by atoms with E-state index in [2.05, 4.69) is 25.9 Å². The summed E-state index contributed by atoms with van der Waals surface area (Å²) in [5.41, 5.74) is -0.536. The summed E-state index contributed by atoms with van der Waals surface area (Å²) < 4.78 is 39.2. The Labute approximate surface area is 104 Å². The highest BCUT2D eigenvalue weighted by Gasteiger charge is 2.11. The molecule has 9 heteroatoms. The average Bonchev–Trinajstić information content (AvgIpc) is 2.89. The second-order valence-electron chi connectivity index (χ2n) is 3.30. The van der Waals surface area contributed by atoms with Crippen LogP contribution in [0.15, 0.2) is 18.3 Å². The van der Waals surface area contributed by atoms with Gasteiger partial charge in [-0.05, 0) is 5.21 Å². The van der Waals surface area contributed by atoms with Crippen LogP contribution in [0.4, 0.5) is 18.9 Å². The molecular weight excluding hydrogens is 261 g/mol. The fourth-order valence-electron chi connectivity index (χ4n) is 1.23. The molecule has 0 aliphatic rings. The second kappa shape index (κ2) is 5.18. The smallest absolute Gasteiger partial charge is 0.216 e. The minimum atomic E-state index is -1.34. The van der Waals surface area contributed by atoms with Crippen LogP contribution in [0.1, 0.15) is 5.82 Å². The number of benzene rings is 1. The number of rotatable bonds is 3. The van der Waals surface area contributed by atoms with Crippen molar-refractivity contribution in [3.63, 3.8) is 0 Å². The number of H-pyrrole nitrogens is 1. The van der Waals surface area contributed by atoms with E-state index < -0.39 is 23.1 Å². The summed E-state index contributed by atoms with van der Waals surface area (Å²) in [5, 5.41) is 23.5. The topological polar surface area (TPSA) is 90.3 Å². The van der Waals surface area contributed by atoms with E-state index in [4.69, 9.17) is 5.26 Å². The molecule has 19 heavy (non-hydrogen) atoms. The van der Waals surface area contributed by atoms with Gasteiger partial charge in [-0.1, -0.05) is 0 Å². The summed E-state index contributed by atoms with van der Waals surface area (Å²) in [6, 6.07) is 2.89. The molecule has 0 amide bonds. The maximum absolute atomic E-state index is 13.3. The molecule has 0 bridgehead atoms. The van der Waals surface area contributed by atoms with Gasteiger partial charge in [0.2, 0.25) is 5.82 Å². The summed E-state index contributed by atoms with van der Waals surface area (Å²) in [6.45, 7) is 0. The van der Waals surface area contributed by atoms with Crippen molar-refractivity contribution in [2.75, 3.05) is 5.32 Å². The van der Waals surface area contributed by atoms with Crippen molar-refractivity contribution in [2.45, 2.75) is 0 Å². The number of nitrogens with zero attached hydrogens (tertiary/aromatic N) is 4. The zero-order chi connectivity index (χ0) is 13.8. The van der Waals surface area contributed by atoms with Crippen LogP contribution in [0.3, 0.4) is 0 Å². The fraction of sp³-hybridized carbons (Fsp3) is 0. The Morgan fingerprint density at radius 3 is 2.79 bits per heavy atom. The molecule has 0 radical (unpaired) electrons. The van der Waals surface area contributed by atoms with Crippen molar-refractivity contribution in [1.82, 2.24) is 20.6 Å². The molecule has 1 aromatic carbocycles. The van der Waals surface area contributed by atoms with Gasteiger partial charge in [0.15, 0.2) is 11.6 Å². The first-order valence-electron chi connectivity index (χ1n) is 4.87. The van der Waals surface area contributed by atoms with Crippen LogP contribution in [-0.2, 0) is 0 Å². The van der Waals surface area contributed by atoms with E-state index in [-0.39, 0.29) is 11.4 Å². The summed E-state index contributed by atoms with van der Waals surface area (Å²) in [6.07, 6.45) is 1.02. The van der Waals surface area contributed by atoms with E-state index in [0.717, 1.165) is 12.3 Å². The van der Waals surface area contributed by atoms with Gasteiger partial charge >= 0.3 is 0 Å². The van der Waals surface area contributed by atoms with Gasteiger partial charge < -0.3 is 5.32 Å². The van der Waals surface area contributed by atoms with Crippen LogP contribution in [-0.4, -0.2) is 20.6 Å². The predicted octanol–water partition coefficient (Wildman–Crippen LogP) is 1.59. The average molecular weight is 266 g/mol. The fourth-order valence-corrected chi connectivity index (χ4v) is 1.23. The molecule has 0 aliphatic carbocycles. The largest absolute Gasteiger partial charge is 0.358 e. The molecule has 0 unspecified atom stereocenters. The molecule has 0 saturated heterocycles. The monoisotopic (exact) mass is 266 g/mol. The molecule has 0 spiro atoms. The Morgan fingerprint density at radius 2 is 2.16 bits per heavy atom. The number of hydrogen-bond donors (Lipinski definition) is 2. The van der Waals surface area contributed by atoms with Crippen molar-refractivity contribution in [1.29, 1.82) is 5.26 Å². The molecule has 2 N–H and O–H groups in total. The Bertz CT molecular complexity index is 659. The van der Waals surface area contributed by atoms with Crippen LogP contribution < -0.4 is 5.32 Å². The van der Waals surface area contributed by atoms with E-state index in [0.29, 0.717) is 6.07 Å². The molecular formula is C10H5F3N6. The third-order valence-corrected chi connectivity index (χ3v) is 2.07. The third-order valence-electron chi connectivity index (χ3n) is 2.07. The SMILES string of the molecule is N#CC(=CNc1cc(F)cc(F)c1F)c1nn[nH]n1. The highest BCUT2D eigenvalue weighted by molar-refractivity contribution is 5.74. The number of aromatic amines is 1. The Kier molecular flexibility index (Phi) is 3.42. The minimum Gasteiger partial charge on any atom is -0.358 e. The van der Waals surface area contributed by atoms with Gasteiger partial charge in [0, 0.05) is 18.3 Å². The van der Waals surface area contributed by atoms with Gasteiger partial charge in [-0.2, -0.15) is 10.5 Å². The van der Waals surface area contributed by atoms with Crippen molar-refractivity contribution >= 4 is 11.3 Å². The number of nitriles is 1. The van der Waals surface area contributed by atoms with Gasteiger partial charge in [0.1, 0.15) is 17.5 Å². The maximum atomic E-state index is 13.3. The molecule has 1 heterocycles. The lowest BCUT2D eigenvalue weighted by Gasteiger charge is -2.04. The van der Waals surface area contributed by atoms with E-state index in [1.807, 2.05) is 0 Å². The summed E-state index contributed by atoms with van der Waals surface area (Å²) >= 11 is 0. The van der Waals surface area contributed by atoms with E-state index in [9.17, 15) is 13.2 Å². The first kappa shape index (κ1) is 12.6. The molecule has 6 nitrogen and oxygen atoms in total. The molecule has 2 rings (SSSR count). The van der Waals surface area contributed by atoms with Gasteiger partial charge in [0.25, 0.3) is 0 Å². The van der Waals surface area contributed by atoms with Gasteiger partial charge in [-0.15, -0.1) is 10.2 Å². The number of allylic oxidation sites excluding steroid dienone is 1. The summed E-state index contributed by atoms with van der Waals surface area (Å²) in [4.78, 5) is 0. The standard InChI is InChI=1S/C10H5F3N6/c11-6-1-7(12)9(13)8(2-6)15-4-5(3-14)10-16-18-19-17-10/h1-2,4,15H,(H,16,17,18,19). The molecule has 0 saturated carbocycles. The minimum absolute atomic E-state index is 0.0349. The Morgan fingerprint density at radius 1 is 1.37 bits per heavy atom. The molecule has 96 valence electrons. The van der Waals surface area contributed by atoms with Gasteiger partial charge in [-0.25, -0.2) is 13.2 Å². The third kappa shape index (κ3) is 2.68. The Balaban J connectivity index is 2.30. The van der Waals surface area contributed by atoms with Crippen LogP contribution in [0, 0.1) is 28.8 Å². The van der Waals surface area contributed by atoms with Gasteiger partial charge in [-0.3, -0.25) is 0 Å². The number of nitrogens with one attached hydrogen (secondary N) is 2. The number of halogens is 3. The zero-order valence-electron chi connectivity index (χ0n) is 9.15. The second-order valence-corrected chi connectivity index (χ2v) is 3.30. The number of anilines is 1. The van der Waals surface area contributed by atoms with Crippen molar-refractivity contribution in [3.05, 3.63) is 41.6 Å². The lowest BCUT2D eigenvalue weighted by Crippen LogP contribution is -1.98. The molecule has 0 fully saturated rings. The Hall–Kier alpha value is -2.89. The predicted molar refractivity (Wildman–Crippen MR) is 57.7 cm³/mol. The van der Waals surface area contributed by atoms with Gasteiger partial charge in [0.05, 0.1) is 5.69 Å². The normalized spacial score (nSPS) is 11.2. The van der Waals surface area contributed by atoms with E-state index in [1.165, 1.54) is 0 Å². The van der Waals surface area contributed by atoms with Crippen molar-refractivity contribution in [3.8, 4) is 6.07 Å². The van der Waals surface area contributed by atoms with Crippen molar-refractivity contribution in [2.24, 2.45) is 0 Å². The quantitative estimate of drug-likeness (QED) is 0.650. The number of hydrogen-bond acceptors (Lipinski definition) is 5. The first-order valence-corrected chi connectivity index (χ1v) is 4.87. The molecule has 0 atom stereocenters. The highest BCUT2D eigenvalue weighted by atomic mass is 19.2. The summed E-state index contributed by atoms with van der Waals surface area (Å²) in [7, 11) is 0. The molecule has 1 aromatic heterocycles. The number of tetrazole rings is 1. The first-order chi connectivity index (χ1) is 9.11. The maximum Gasteiger partial charge on any atom is 0.216 e.